The lowest BCUT2D eigenvalue weighted by atomic mass is 10.1. The summed E-state index contributed by atoms with van der Waals surface area (Å²) in [5, 5.41) is 2.47. The third-order valence-corrected chi connectivity index (χ3v) is 6.99. The lowest BCUT2D eigenvalue weighted by Gasteiger charge is -2.26. The van der Waals surface area contributed by atoms with Gasteiger partial charge < -0.3 is 19.6 Å². The number of carbonyl (C=O) groups is 2. The van der Waals surface area contributed by atoms with Crippen LogP contribution in [-0.4, -0.2) is 48.4 Å². The van der Waals surface area contributed by atoms with E-state index in [0.717, 1.165) is 59.6 Å². The van der Waals surface area contributed by atoms with Gasteiger partial charge in [0, 0.05) is 48.5 Å². The van der Waals surface area contributed by atoms with E-state index in [1.807, 2.05) is 6.07 Å². The van der Waals surface area contributed by atoms with Crippen molar-refractivity contribution < 1.29 is 23.5 Å². The van der Waals surface area contributed by atoms with Gasteiger partial charge in [-0.2, -0.15) is 0 Å². The number of benzene rings is 2. The predicted octanol–water partition coefficient (Wildman–Crippen LogP) is 5.25. The summed E-state index contributed by atoms with van der Waals surface area (Å²) in [4.78, 5) is 29.9. The number of nitrogens with zero attached hydrogens (tertiary/aromatic N) is 2. The van der Waals surface area contributed by atoms with Crippen molar-refractivity contribution in [2.24, 2.45) is 0 Å². The summed E-state index contributed by atoms with van der Waals surface area (Å²) < 4.78 is 26.9. The maximum absolute atomic E-state index is 14.7. The molecule has 1 aliphatic rings. The van der Waals surface area contributed by atoms with Crippen molar-refractivity contribution in [1.82, 2.24) is 9.88 Å². The van der Waals surface area contributed by atoms with Gasteiger partial charge in [-0.3, -0.25) is 14.7 Å². The van der Waals surface area contributed by atoms with Crippen LogP contribution >= 0.6 is 11.3 Å². The number of halogens is 1. The Hall–Kier alpha value is -3.66. The Labute approximate surface area is 211 Å². The third kappa shape index (κ3) is 5.59. The van der Waals surface area contributed by atoms with Crippen molar-refractivity contribution >= 4 is 39.4 Å². The van der Waals surface area contributed by atoms with E-state index in [4.69, 9.17) is 9.47 Å². The number of hydrogen-bond donors (Lipinski definition) is 1. The Morgan fingerprint density at radius 2 is 2.00 bits per heavy atom. The number of anilines is 1. The molecule has 0 saturated carbocycles. The van der Waals surface area contributed by atoms with Crippen LogP contribution in [0.4, 0.5) is 10.1 Å². The van der Waals surface area contributed by atoms with Crippen LogP contribution < -0.4 is 10.1 Å². The molecule has 36 heavy (non-hydrogen) atoms. The van der Waals surface area contributed by atoms with Crippen molar-refractivity contribution in [3.05, 3.63) is 72.2 Å². The number of aldehydes is 1. The number of carbonyl (C=O) groups excluding carboxylic acids is 2. The maximum Gasteiger partial charge on any atom is 0.231 e. The summed E-state index contributed by atoms with van der Waals surface area (Å²) in [6.07, 6.45) is 1.84. The summed E-state index contributed by atoms with van der Waals surface area (Å²) >= 11 is 1.54. The fraction of sp³-hybridized carbons (Fsp3) is 0.222. The van der Waals surface area contributed by atoms with Crippen LogP contribution in [0, 0.1) is 5.82 Å². The van der Waals surface area contributed by atoms with Crippen LogP contribution in [0.25, 0.3) is 20.7 Å². The van der Waals surface area contributed by atoms with E-state index in [0.29, 0.717) is 12.0 Å². The van der Waals surface area contributed by atoms with Crippen molar-refractivity contribution in [2.45, 2.75) is 13.0 Å². The molecule has 0 bridgehead atoms. The van der Waals surface area contributed by atoms with Crippen molar-refractivity contribution in [2.75, 3.05) is 31.6 Å². The molecule has 9 heteroatoms. The topological polar surface area (TPSA) is 80.8 Å². The van der Waals surface area contributed by atoms with Gasteiger partial charge in [-0.15, -0.1) is 11.3 Å². The highest BCUT2D eigenvalue weighted by atomic mass is 32.1. The number of amides is 1. The molecule has 4 aromatic rings. The van der Waals surface area contributed by atoms with E-state index in [1.165, 1.54) is 17.7 Å². The zero-order valence-electron chi connectivity index (χ0n) is 19.4. The fourth-order valence-electron chi connectivity index (χ4n) is 4.05. The van der Waals surface area contributed by atoms with E-state index in [9.17, 15) is 14.0 Å². The minimum Gasteiger partial charge on any atom is -0.453 e. The molecule has 0 aliphatic carbocycles. The smallest absolute Gasteiger partial charge is 0.231 e. The molecule has 184 valence electrons. The van der Waals surface area contributed by atoms with Crippen LogP contribution in [0.3, 0.4) is 0 Å². The number of ether oxygens (including phenoxy) is 2. The monoisotopic (exact) mass is 505 g/mol. The minimum atomic E-state index is -0.628. The number of morpholine rings is 1. The maximum atomic E-state index is 14.7. The summed E-state index contributed by atoms with van der Waals surface area (Å²) in [5.41, 5.74) is 3.35. The van der Waals surface area contributed by atoms with E-state index in [-0.39, 0.29) is 17.9 Å². The van der Waals surface area contributed by atoms with Crippen LogP contribution in [0.15, 0.2) is 60.8 Å². The molecule has 1 saturated heterocycles. The number of pyridine rings is 1. The summed E-state index contributed by atoms with van der Waals surface area (Å²) in [7, 11) is 0. The highest BCUT2D eigenvalue weighted by Gasteiger charge is 2.15. The zero-order chi connectivity index (χ0) is 24.9. The SMILES string of the molecule is O=CCC(=O)Nc1ccc(Oc2ccnc3cc(-c4cccc(CN5CCOCC5)c4)sc23)c(F)c1. The molecule has 5 rings (SSSR count). The van der Waals surface area contributed by atoms with Crippen LogP contribution in [-0.2, 0) is 20.9 Å². The highest BCUT2D eigenvalue weighted by molar-refractivity contribution is 7.22. The number of aromatic nitrogens is 1. The van der Waals surface area contributed by atoms with Gasteiger partial charge in [-0.1, -0.05) is 18.2 Å². The molecule has 1 amide bonds. The first-order valence-corrected chi connectivity index (χ1v) is 12.4. The molecule has 2 aromatic carbocycles. The normalized spacial score (nSPS) is 14.0. The number of thiophene rings is 1. The van der Waals surface area contributed by atoms with Gasteiger partial charge in [-0.05, 0) is 35.4 Å². The molecule has 7 nitrogen and oxygen atoms in total. The van der Waals surface area contributed by atoms with Gasteiger partial charge in [-0.25, -0.2) is 4.39 Å². The predicted molar refractivity (Wildman–Crippen MR) is 137 cm³/mol. The van der Waals surface area contributed by atoms with E-state index in [2.05, 4.69) is 39.5 Å². The van der Waals surface area contributed by atoms with Crippen molar-refractivity contribution in [3.63, 3.8) is 0 Å². The third-order valence-electron chi connectivity index (χ3n) is 5.80. The Bertz CT molecular complexity index is 1400. The summed E-state index contributed by atoms with van der Waals surface area (Å²) in [6.45, 7) is 4.27. The molecular formula is C27H24FN3O4S. The van der Waals surface area contributed by atoms with Gasteiger partial charge in [0.15, 0.2) is 11.6 Å². The second-order valence-corrected chi connectivity index (χ2v) is 9.44. The van der Waals surface area contributed by atoms with Crippen LogP contribution in [0.5, 0.6) is 11.5 Å². The number of rotatable bonds is 8. The summed E-state index contributed by atoms with van der Waals surface area (Å²) in [5.74, 6) is -0.610. The second kappa shape index (κ2) is 10.9. The Balaban J connectivity index is 1.36. The van der Waals surface area contributed by atoms with E-state index < -0.39 is 11.7 Å². The lowest BCUT2D eigenvalue weighted by molar-refractivity contribution is -0.119. The lowest BCUT2D eigenvalue weighted by Crippen LogP contribution is -2.35. The number of hydrogen-bond acceptors (Lipinski definition) is 7. The Morgan fingerprint density at radius 1 is 1.14 bits per heavy atom. The number of fused-ring (bicyclic) bond motifs is 1. The molecular weight excluding hydrogens is 481 g/mol. The fourth-order valence-corrected chi connectivity index (χ4v) is 5.11. The average molecular weight is 506 g/mol. The highest BCUT2D eigenvalue weighted by Crippen LogP contribution is 2.40. The quantitative estimate of drug-likeness (QED) is 0.260. The van der Waals surface area contributed by atoms with Crippen LogP contribution in [0.2, 0.25) is 0 Å². The molecule has 0 unspecified atom stereocenters. The molecule has 1 fully saturated rings. The largest absolute Gasteiger partial charge is 0.453 e. The van der Waals surface area contributed by atoms with E-state index >= 15 is 0 Å². The first-order valence-electron chi connectivity index (χ1n) is 11.6. The van der Waals surface area contributed by atoms with Gasteiger partial charge >= 0.3 is 0 Å². The molecule has 0 atom stereocenters. The average Bonchev–Trinajstić information content (AvgIpc) is 3.32. The summed E-state index contributed by atoms with van der Waals surface area (Å²) in [6, 6.07) is 16.3. The molecule has 3 heterocycles. The Morgan fingerprint density at radius 3 is 2.81 bits per heavy atom. The minimum absolute atomic E-state index is 0.0262. The zero-order valence-corrected chi connectivity index (χ0v) is 20.2. The van der Waals surface area contributed by atoms with Crippen molar-refractivity contribution in [1.29, 1.82) is 0 Å². The van der Waals surface area contributed by atoms with Crippen molar-refractivity contribution in [3.8, 4) is 21.9 Å². The first kappa shape index (κ1) is 24.1. The van der Waals surface area contributed by atoms with Gasteiger partial charge in [0.05, 0.1) is 29.9 Å². The standard InChI is InChI=1S/C27H24FN3O4S/c28-21-15-20(30-26(33)7-11-32)4-5-23(21)35-24-6-8-29-22-16-25(36-27(22)24)19-3-1-2-18(14-19)17-31-9-12-34-13-10-31/h1-6,8,11,14-16H,7,9-10,12-13,17H2,(H,30,33). The van der Waals surface area contributed by atoms with Crippen LogP contribution in [0.1, 0.15) is 12.0 Å². The molecule has 0 spiro atoms. The Kier molecular flexibility index (Phi) is 7.31. The van der Waals surface area contributed by atoms with E-state index in [1.54, 1.807) is 23.6 Å². The molecule has 1 N–H and O–H groups in total. The van der Waals surface area contributed by atoms with Gasteiger partial charge in [0.1, 0.15) is 12.0 Å². The molecule has 0 radical (unpaired) electrons. The molecule has 2 aromatic heterocycles. The van der Waals surface area contributed by atoms with Gasteiger partial charge in [0.2, 0.25) is 5.91 Å². The number of nitrogens with one attached hydrogen (secondary N) is 1. The first-order chi connectivity index (χ1) is 17.6. The second-order valence-electron chi connectivity index (χ2n) is 8.39. The molecule has 1 aliphatic heterocycles. The van der Waals surface area contributed by atoms with Gasteiger partial charge in [0.25, 0.3) is 0 Å².